The van der Waals surface area contributed by atoms with Crippen molar-refractivity contribution in [3.05, 3.63) is 65.0 Å². The van der Waals surface area contributed by atoms with E-state index in [9.17, 15) is 24.2 Å². The first kappa shape index (κ1) is 32.3. The van der Waals surface area contributed by atoms with Gasteiger partial charge in [-0.3, -0.25) is 14.5 Å². The number of rotatable bonds is 8. The summed E-state index contributed by atoms with van der Waals surface area (Å²) in [7, 11) is 0. The first-order valence-corrected chi connectivity index (χ1v) is 16.0. The van der Waals surface area contributed by atoms with Crippen LogP contribution in [0.2, 0.25) is 0 Å². The second-order valence-electron chi connectivity index (χ2n) is 14.1. The maximum atomic E-state index is 13.5. The fraction of sp³-hybridized carbons (Fsp3) is 0.571. The molecule has 3 N–H and O–H groups in total. The van der Waals surface area contributed by atoms with Gasteiger partial charge in [0.25, 0.3) is 5.91 Å². The number of anilines is 1. The van der Waals surface area contributed by atoms with Gasteiger partial charge in [0.1, 0.15) is 11.7 Å². The van der Waals surface area contributed by atoms with Gasteiger partial charge in [-0.25, -0.2) is 4.39 Å². The Balaban J connectivity index is 1.35. The quantitative estimate of drug-likeness (QED) is 0.397. The van der Waals surface area contributed by atoms with Crippen LogP contribution in [-0.2, 0) is 17.8 Å². The molecule has 0 atom stereocenters. The molecule has 0 unspecified atom stereocenters. The van der Waals surface area contributed by atoms with E-state index in [0.717, 1.165) is 56.6 Å². The van der Waals surface area contributed by atoms with Crippen LogP contribution in [-0.4, -0.2) is 69.6 Å². The number of hydrogen-bond donors (Lipinski definition) is 3. The molecule has 2 amide bonds. The molecule has 3 aliphatic rings. The van der Waals surface area contributed by atoms with Crippen molar-refractivity contribution in [3.8, 4) is 0 Å². The number of piperidine rings is 1. The molecule has 8 nitrogen and oxygen atoms in total. The summed E-state index contributed by atoms with van der Waals surface area (Å²) in [5, 5.41) is 23.0. The molecule has 9 heteroatoms. The average Bonchev–Trinajstić information content (AvgIpc) is 3.34. The van der Waals surface area contributed by atoms with E-state index in [4.69, 9.17) is 0 Å². The van der Waals surface area contributed by atoms with Crippen LogP contribution in [0.25, 0.3) is 0 Å². The highest BCUT2D eigenvalue weighted by Crippen LogP contribution is 2.38. The van der Waals surface area contributed by atoms with Crippen LogP contribution in [0.3, 0.4) is 0 Å². The van der Waals surface area contributed by atoms with Crippen LogP contribution in [0.5, 0.6) is 0 Å². The molecule has 0 spiro atoms. The SMILES string of the molecule is CC(C)(CO)NC(=O)C1CCC(N2C(=NC(=O)c3ccc(F)cc3)Cc3ccc(CN4CCC(C(C)(C)O)CC4)cc32)CC1. The second kappa shape index (κ2) is 13.1. The second-order valence-corrected chi connectivity index (χ2v) is 14.1. The lowest BCUT2D eigenvalue weighted by molar-refractivity contribution is -0.128. The molecule has 2 aliphatic heterocycles. The number of aliphatic hydroxyl groups excluding tert-OH is 1. The van der Waals surface area contributed by atoms with E-state index in [1.165, 1.54) is 29.8 Å². The molecule has 0 aromatic heterocycles. The van der Waals surface area contributed by atoms with Crippen molar-refractivity contribution in [2.24, 2.45) is 16.8 Å². The van der Waals surface area contributed by atoms with Crippen LogP contribution in [0.4, 0.5) is 10.1 Å². The number of amides is 2. The van der Waals surface area contributed by atoms with Crippen LogP contribution in [0.15, 0.2) is 47.5 Å². The number of aliphatic hydroxyl groups is 2. The lowest BCUT2D eigenvalue weighted by Crippen LogP contribution is -2.50. The molecular formula is C35H47FN4O4. The molecule has 2 aromatic carbocycles. The fourth-order valence-electron chi connectivity index (χ4n) is 6.88. The van der Waals surface area contributed by atoms with Gasteiger partial charge in [0, 0.05) is 36.2 Å². The highest BCUT2D eigenvalue weighted by atomic mass is 19.1. The minimum atomic E-state index is -0.664. The molecule has 1 aliphatic carbocycles. The summed E-state index contributed by atoms with van der Waals surface area (Å²) >= 11 is 0. The number of carbonyl (C=O) groups is 2. The zero-order valence-corrected chi connectivity index (χ0v) is 26.5. The Labute approximate surface area is 260 Å². The number of halogens is 1. The van der Waals surface area contributed by atoms with Gasteiger partial charge >= 0.3 is 0 Å². The topological polar surface area (TPSA) is 105 Å². The summed E-state index contributed by atoms with van der Waals surface area (Å²) in [6, 6.07) is 12.1. The van der Waals surface area contributed by atoms with E-state index in [-0.39, 0.29) is 24.5 Å². The van der Waals surface area contributed by atoms with Crippen molar-refractivity contribution < 1.29 is 24.2 Å². The summed E-state index contributed by atoms with van der Waals surface area (Å²) in [5.41, 5.74) is 2.40. The Kier molecular flexibility index (Phi) is 9.58. The van der Waals surface area contributed by atoms with Gasteiger partial charge in [0.15, 0.2) is 0 Å². The molecule has 0 bridgehead atoms. The molecule has 44 heavy (non-hydrogen) atoms. The summed E-state index contributed by atoms with van der Waals surface area (Å²) in [5.74, 6) is 0.0420. The van der Waals surface area contributed by atoms with Crippen LogP contribution in [0, 0.1) is 17.7 Å². The summed E-state index contributed by atoms with van der Waals surface area (Å²) in [6.45, 7) is 9.99. The third kappa shape index (κ3) is 7.56. The Morgan fingerprint density at radius 3 is 2.25 bits per heavy atom. The van der Waals surface area contributed by atoms with E-state index in [0.29, 0.717) is 36.6 Å². The number of nitrogens with zero attached hydrogens (tertiary/aromatic N) is 3. The minimum absolute atomic E-state index is 0.0275. The van der Waals surface area contributed by atoms with Crippen LogP contribution < -0.4 is 10.2 Å². The van der Waals surface area contributed by atoms with E-state index in [1.54, 1.807) is 0 Å². The van der Waals surface area contributed by atoms with Gasteiger partial charge in [-0.1, -0.05) is 12.1 Å². The van der Waals surface area contributed by atoms with Crippen molar-refractivity contribution in [1.82, 2.24) is 10.2 Å². The minimum Gasteiger partial charge on any atom is -0.394 e. The molecule has 2 fully saturated rings. The average molecular weight is 607 g/mol. The van der Waals surface area contributed by atoms with E-state index in [2.05, 4.69) is 38.3 Å². The van der Waals surface area contributed by atoms with Gasteiger partial charge in [-0.05, 0) is 127 Å². The third-order valence-corrected chi connectivity index (χ3v) is 9.64. The summed E-state index contributed by atoms with van der Waals surface area (Å²) < 4.78 is 13.5. The molecular weight excluding hydrogens is 559 g/mol. The number of benzene rings is 2. The predicted octanol–water partition coefficient (Wildman–Crippen LogP) is 4.86. The largest absolute Gasteiger partial charge is 0.394 e. The Morgan fingerprint density at radius 1 is 0.977 bits per heavy atom. The van der Waals surface area contributed by atoms with E-state index in [1.807, 2.05) is 27.7 Å². The molecule has 2 heterocycles. The monoisotopic (exact) mass is 606 g/mol. The lowest BCUT2D eigenvalue weighted by atomic mass is 9.83. The number of amidine groups is 1. The maximum Gasteiger partial charge on any atom is 0.278 e. The van der Waals surface area contributed by atoms with Gasteiger partial charge in [-0.15, -0.1) is 0 Å². The normalized spacial score (nSPS) is 22.7. The van der Waals surface area contributed by atoms with Crippen LogP contribution >= 0.6 is 0 Å². The first-order valence-electron chi connectivity index (χ1n) is 16.0. The molecule has 238 valence electrons. The number of nitrogens with one attached hydrogen (secondary N) is 1. The van der Waals surface area contributed by atoms with Crippen molar-refractivity contribution in [1.29, 1.82) is 0 Å². The lowest BCUT2D eigenvalue weighted by Gasteiger charge is -2.38. The Bertz CT molecular complexity index is 1370. The van der Waals surface area contributed by atoms with Gasteiger partial charge in [-0.2, -0.15) is 4.99 Å². The van der Waals surface area contributed by atoms with Gasteiger partial charge in [0.05, 0.1) is 17.7 Å². The summed E-state index contributed by atoms with van der Waals surface area (Å²) in [6.07, 6.45) is 5.43. The number of carbonyl (C=O) groups excluding carboxylic acids is 2. The van der Waals surface area contributed by atoms with Crippen molar-refractivity contribution in [2.75, 3.05) is 24.6 Å². The fourth-order valence-corrected chi connectivity index (χ4v) is 6.88. The van der Waals surface area contributed by atoms with Gasteiger partial charge < -0.3 is 20.4 Å². The van der Waals surface area contributed by atoms with Crippen molar-refractivity contribution in [2.45, 2.75) is 96.4 Å². The molecule has 1 saturated heterocycles. The van der Waals surface area contributed by atoms with E-state index < -0.39 is 22.9 Å². The molecule has 0 radical (unpaired) electrons. The summed E-state index contributed by atoms with van der Waals surface area (Å²) in [4.78, 5) is 35.4. The van der Waals surface area contributed by atoms with E-state index >= 15 is 0 Å². The smallest absolute Gasteiger partial charge is 0.278 e. The number of hydrogen-bond acceptors (Lipinski definition) is 5. The van der Waals surface area contributed by atoms with Crippen molar-refractivity contribution >= 4 is 23.3 Å². The zero-order valence-electron chi connectivity index (χ0n) is 26.5. The maximum absolute atomic E-state index is 13.5. The zero-order chi connectivity index (χ0) is 31.6. The van der Waals surface area contributed by atoms with Crippen LogP contribution in [0.1, 0.15) is 87.7 Å². The number of likely N-dealkylation sites (tertiary alicyclic amines) is 1. The third-order valence-electron chi connectivity index (χ3n) is 9.64. The molecule has 5 rings (SSSR count). The first-order chi connectivity index (χ1) is 20.8. The standard InChI is InChI=1S/C35H47FN4O4/c1-34(2,22-41)38-33(43)25-9-13-29(14-10-25)40-30-19-23(21-39-17-15-27(16-18-39)35(3,4)44)5-6-26(30)20-31(40)37-32(42)24-7-11-28(36)12-8-24/h5-8,11-12,19,25,27,29,41,44H,9-10,13-18,20-22H2,1-4H3,(H,38,43). The molecule has 1 saturated carbocycles. The Morgan fingerprint density at radius 2 is 1.64 bits per heavy atom. The van der Waals surface area contributed by atoms with Gasteiger partial charge in [0.2, 0.25) is 5.91 Å². The number of fused-ring (bicyclic) bond motifs is 1. The number of aliphatic imine (C=N–C) groups is 1. The highest BCUT2D eigenvalue weighted by molar-refractivity contribution is 6.12. The highest BCUT2D eigenvalue weighted by Gasteiger charge is 2.37. The predicted molar refractivity (Wildman–Crippen MR) is 170 cm³/mol. The van der Waals surface area contributed by atoms with Crippen molar-refractivity contribution in [3.63, 3.8) is 0 Å². The Hall–Kier alpha value is -3.14. The molecule has 2 aromatic rings.